The number of carbonyl (C=O) groups excluding carboxylic acids is 2. The first kappa shape index (κ1) is 19.1. The summed E-state index contributed by atoms with van der Waals surface area (Å²) < 4.78 is 13.6. The van der Waals surface area contributed by atoms with Gasteiger partial charge in [0.25, 0.3) is 0 Å². The largest absolute Gasteiger partial charge is 0.351 e. The summed E-state index contributed by atoms with van der Waals surface area (Å²) in [4.78, 5) is 24.6. The van der Waals surface area contributed by atoms with E-state index in [4.69, 9.17) is 0 Å². The first-order valence-electron chi connectivity index (χ1n) is 9.35. The Balaban J connectivity index is 1.62. The molecule has 4 nitrogen and oxygen atoms in total. The molecule has 1 fully saturated rings. The Morgan fingerprint density at radius 1 is 1.11 bits per heavy atom. The van der Waals surface area contributed by atoms with Crippen molar-refractivity contribution in [2.24, 2.45) is 5.92 Å². The van der Waals surface area contributed by atoms with E-state index in [-0.39, 0.29) is 23.5 Å². The lowest BCUT2D eigenvalue weighted by molar-refractivity contribution is -0.130. The Hall–Kier alpha value is -2.69. The molecule has 3 rings (SSSR count). The number of nitrogens with one attached hydrogen (secondary N) is 2. The third-order valence-electron chi connectivity index (χ3n) is 5.22. The molecule has 0 atom stereocenters. The first-order chi connectivity index (χ1) is 12.9. The minimum absolute atomic E-state index is 0.0296. The molecule has 2 aromatic rings. The van der Waals surface area contributed by atoms with Crippen LogP contribution in [0, 0.1) is 11.7 Å². The minimum atomic E-state index is -0.618. The summed E-state index contributed by atoms with van der Waals surface area (Å²) in [6.07, 6.45) is 2.44. The highest BCUT2D eigenvalue weighted by Gasteiger charge is 2.45. The summed E-state index contributed by atoms with van der Waals surface area (Å²) in [7, 11) is 0. The standard InChI is InChI=1S/C22H25FN2O2/c1-15(2)20(26)25-19-9-7-16(8-10-19)14-24-21(27)22(11-4-12-22)17-5-3-6-18(23)13-17/h3,5-10,13,15H,4,11-12,14H2,1-2H3,(H,24,27)(H,25,26). The number of carbonyl (C=O) groups is 2. The number of hydrogen-bond acceptors (Lipinski definition) is 2. The average molecular weight is 368 g/mol. The van der Waals surface area contributed by atoms with Gasteiger partial charge in [-0.15, -0.1) is 0 Å². The molecule has 0 aromatic heterocycles. The van der Waals surface area contributed by atoms with Crippen molar-refractivity contribution in [3.05, 3.63) is 65.5 Å². The SMILES string of the molecule is CC(C)C(=O)Nc1ccc(CNC(=O)C2(c3cccc(F)c3)CCC2)cc1. The zero-order valence-electron chi connectivity index (χ0n) is 15.7. The lowest BCUT2D eigenvalue weighted by Crippen LogP contribution is -2.49. The maximum Gasteiger partial charge on any atom is 0.230 e. The van der Waals surface area contributed by atoms with Crippen LogP contribution in [0.1, 0.15) is 44.2 Å². The Labute approximate surface area is 159 Å². The second kappa shape index (κ2) is 7.91. The lowest BCUT2D eigenvalue weighted by atomic mass is 9.64. The molecule has 0 unspecified atom stereocenters. The van der Waals surface area contributed by atoms with E-state index in [2.05, 4.69) is 10.6 Å². The van der Waals surface area contributed by atoms with Crippen LogP contribution < -0.4 is 10.6 Å². The molecule has 0 aliphatic heterocycles. The fourth-order valence-corrected chi connectivity index (χ4v) is 3.31. The topological polar surface area (TPSA) is 58.2 Å². The Morgan fingerprint density at radius 3 is 2.37 bits per heavy atom. The molecule has 0 radical (unpaired) electrons. The van der Waals surface area contributed by atoms with Crippen LogP contribution >= 0.6 is 0 Å². The van der Waals surface area contributed by atoms with Crippen LogP contribution in [0.25, 0.3) is 0 Å². The van der Waals surface area contributed by atoms with Crippen LogP contribution in [0.15, 0.2) is 48.5 Å². The number of benzene rings is 2. The number of amides is 2. The third kappa shape index (κ3) is 4.18. The molecule has 0 bridgehead atoms. The summed E-state index contributed by atoms with van der Waals surface area (Å²) in [6, 6.07) is 13.8. The number of hydrogen-bond donors (Lipinski definition) is 2. The van der Waals surface area contributed by atoms with Gasteiger partial charge in [0.05, 0.1) is 5.41 Å². The molecule has 0 spiro atoms. The summed E-state index contributed by atoms with van der Waals surface area (Å²) >= 11 is 0. The van der Waals surface area contributed by atoms with E-state index in [1.807, 2.05) is 44.2 Å². The normalized spacial score (nSPS) is 15.1. The molecule has 1 aliphatic rings. The van der Waals surface area contributed by atoms with Crippen molar-refractivity contribution in [3.63, 3.8) is 0 Å². The van der Waals surface area contributed by atoms with Crippen molar-refractivity contribution in [2.45, 2.75) is 45.1 Å². The van der Waals surface area contributed by atoms with Crippen LogP contribution in [-0.2, 0) is 21.5 Å². The lowest BCUT2D eigenvalue weighted by Gasteiger charge is -2.40. The third-order valence-corrected chi connectivity index (χ3v) is 5.22. The maximum atomic E-state index is 13.6. The number of rotatable bonds is 6. The number of anilines is 1. The molecular weight excluding hydrogens is 343 g/mol. The van der Waals surface area contributed by atoms with Gasteiger partial charge in [0, 0.05) is 18.2 Å². The molecule has 2 N–H and O–H groups in total. The predicted octanol–water partition coefficient (Wildman–Crippen LogP) is 4.16. The van der Waals surface area contributed by atoms with E-state index in [0.29, 0.717) is 6.54 Å². The van der Waals surface area contributed by atoms with Crippen molar-refractivity contribution >= 4 is 17.5 Å². The van der Waals surface area contributed by atoms with Crippen molar-refractivity contribution in [1.29, 1.82) is 0 Å². The van der Waals surface area contributed by atoms with Gasteiger partial charge in [-0.05, 0) is 48.2 Å². The molecule has 5 heteroatoms. The highest BCUT2D eigenvalue weighted by Crippen LogP contribution is 2.44. The van der Waals surface area contributed by atoms with E-state index >= 15 is 0 Å². The fourth-order valence-electron chi connectivity index (χ4n) is 3.31. The highest BCUT2D eigenvalue weighted by molar-refractivity contribution is 5.92. The first-order valence-corrected chi connectivity index (χ1v) is 9.35. The second-order valence-electron chi connectivity index (χ2n) is 7.47. The maximum absolute atomic E-state index is 13.6. The molecule has 1 saturated carbocycles. The molecule has 2 amide bonds. The van der Waals surface area contributed by atoms with Crippen molar-refractivity contribution in [1.82, 2.24) is 5.32 Å². The summed E-state index contributed by atoms with van der Waals surface area (Å²) in [5.74, 6) is -0.481. The summed E-state index contributed by atoms with van der Waals surface area (Å²) in [5.41, 5.74) is 1.81. The molecule has 142 valence electrons. The van der Waals surface area contributed by atoms with Gasteiger partial charge < -0.3 is 10.6 Å². The fraction of sp³-hybridized carbons (Fsp3) is 0.364. The number of halogens is 1. The minimum Gasteiger partial charge on any atom is -0.351 e. The zero-order chi connectivity index (χ0) is 19.4. The Bertz CT molecular complexity index is 826. The monoisotopic (exact) mass is 368 g/mol. The van der Waals surface area contributed by atoms with Crippen LogP contribution in [0.2, 0.25) is 0 Å². The van der Waals surface area contributed by atoms with Crippen molar-refractivity contribution < 1.29 is 14.0 Å². The van der Waals surface area contributed by atoms with Crippen LogP contribution in [0.5, 0.6) is 0 Å². The van der Waals surface area contributed by atoms with Crippen LogP contribution in [0.3, 0.4) is 0 Å². The molecular formula is C22H25FN2O2. The molecule has 2 aromatic carbocycles. The van der Waals surface area contributed by atoms with Gasteiger partial charge >= 0.3 is 0 Å². The molecule has 1 aliphatic carbocycles. The second-order valence-corrected chi connectivity index (χ2v) is 7.47. The van der Waals surface area contributed by atoms with E-state index in [1.54, 1.807) is 6.07 Å². The smallest absolute Gasteiger partial charge is 0.230 e. The Morgan fingerprint density at radius 2 is 1.81 bits per heavy atom. The van der Waals surface area contributed by atoms with E-state index in [0.717, 1.165) is 36.1 Å². The van der Waals surface area contributed by atoms with Crippen molar-refractivity contribution in [2.75, 3.05) is 5.32 Å². The van der Waals surface area contributed by atoms with Crippen molar-refractivity contribution in [3.8, 4) is 0 Å². The van der Waals surface area contributed by atoms with E-state index in [1.165, 1.54) is 12.1 Å². The van der Waals surface area contributed by atoms with Gasteiger partial charge in [0.1, 0.15) is 5.82 Å². The van der Waals surface area contributed by atoms with Gasteiger partial charge in [-0.25, -0.2) is 4.39 Å². The van der Waals surface area contributed by atoms with Gasteiger partial charge in [-0.2, -0.15) is 0 Å². The highest BCUT2D eigenvalue weighted by atomic mass is 19.1. The predicted molar refractivity (Wildman–Crippen MR) is 104 cm³/mol. The van der Waals surface area contributed by atoms with Gasteiger partial charge in [-0.1, -0.05) is 44.5 Å². The summed E-state index contributed by atoms with van der Waals surface area (Å²) in [5, 5.41) is 5.83. The molecule has 27 heavy (non-hydrogen) atoms. The van der Waals surface area contributed by atoms with Gasteiger partial charge in [-0.3, -0.25) is 9.59 Å². The zero-order valence-corrected chi connectivity index (χ0v) is 15.7. The quantitative estimate of drug-likeness (QED) is 0.804. The van der Waals surface area contributed by atoms with E-state index < -0.39 is 5.41 Å². The average Bonchev–Trinajstić information content (AvgIpc) is 2.60. The van der Waals surface area contributed by atoms with Gasteiger partial charge in [0.15, 0.2) is 0 Å². The Kier molecular flexibility index (Phi) is 5.59. The molecule has 0 heterocycles. The van der Waals surface area contributed by atoms with Crippen LogP contribution in [0.4, 0.5) is 10.1 Å². The summed E-state index contributed by atoms with van der Waals surface area (Å²) in [6.45, 7) is 4.08. The van der Waals surface area contributed by atoms with E-state index in [9.17, 15) is 14.0 Å². The molecule has 0 saturated heterocycles. The van der Waals surface area contributed by atoms with Gasteiger partial charge in [0.2, 0.25) is 11.8 Å². The van der Waals surface area contributed by atoms with Crippen LogP contribution in [-0.4, -0.2) is 11.8 Å².